The molecule has 0 aliphatic rings. The van der Waals surface area contributed by atoms with Crippen molar-refractivity contribution in [1.29, 1.82) is 0 Å². The first kappa shape index (κ1) is 9.80. The summed E-state index contributed by atoms with van der Waals surface area (Å²) in [5.41, 5.74) is 0. The molecule has 0 rings (SSSR count). The van der Waals surface area contributed by atoms with Gasteiger partial charge in [0.15, 0.2) is 0 Å². The second-order valence-electron chi connectivity index (χ2n) is 1.56. The van der Waals surface area contributed by atoms with E-state index in [-0.39, 0.29) is 19.5 Å². The van der Waals surface area contributed by atoms with Crippen molar-refractivity contribution in [2.24, 2.45) is 0 Å². The summed E-state index contributed by atoms with van der Waals surface area (Å²) in [6, 6.07) is 0. The molecule has 0 radical (unpaired) electrons. The van der Waals surface area contributed by atoms with Gasteiger partial charge in [0.2, 0.25) is 0 Å². The Hall–Kier alpha value is 0.623. The Morgan fingerprint density at radius 3 is 1.50 bits per heavy atom. The summed E-state index contributed by atoms with van der Waals surface area (Å²) >= 11 is 0. The fraction of sp³-hybridized carbons (Fsp3) is 0.800. The number of rotatable bonds is 1. The van der Waals surface area contributed by atoms with E-state index in [0.717, 1.165) is 0 Å². The van der Waals surface area contributed by atoms with E-state index in [2.05, 4.69) is 20.8 Å². The quantitative estimate of drug-likeness (QED) is 0.382. The summed E-state index contributed by atoms with van der Waals surface area (Å²) in [5.74, 6) is 1.50. The molecule has 0 N–H and O–H groups in total. The van der Waals surface area contributed by atoms with Crippen molar-refractivity contribution >= 4 is 0 Å². The van der Waals surface area contributed by atoms with Gasteiger partial charge >= 0.3 is 0 Å². The van der Waals surface area contributed by atoms with Crippen LogP contribution in [0.25, 0.3) is 0 Å². The second-order valence-corrected chi connectivity index (χ2v) is 1.56. The number of hydrogen-bond acceptors (Lipinski definition) is 0. The molecule has 0 nitrogen and oxygen atoms in total. The van der Waals surface area contributed by atoms with E-state index < -0.39 is 0 Å². The van der Waals surface area contributed by atoms with Crippen LogP contribution in [-0.4, -0.2) is 0 Å². The number of hydrogen-bond donors (Lipinski definition) is 0. The summed E-state index contributed by atoms with van der Waals surface area (Å²) < 4.78 is 0. The van der Waals surface area contributed by atoms with E-state index in [1.54, 1.807) is 0 Å². The molecule has 0 spiro atoms. The van der Waals surface area contributed by atoms with Gasteiger partial charge in [-0.2, -0.15) is 20.3 Å². The first-order valence-electron chi connectivity index (χ1n) is 2.06. The molecule has 0 unspecified atom stereocenters. The molecule has 1 heteroatoms. The maximum absolute atomic E-state index is 2.16. The molecule has 0 fully saturated rings. The summed E-state index contributed by atoms with van der Waals surface area (Å²) in [6.45, 7) is 6.44. The van der Waals surface area contributed by atoms with Gasteiger partial charge in [-0.05, 0) is 0 Å². The Morgan fingerprint density at radius 1 is 1.33 bits per heavy atom. The molecule has 34 valence electrons. The molecular weight excluding hydrogens is 125 g/mol. The predicted octanol–water partition coefficient (Wildman–Crippen LogP) is 2.01. The largest absolute Gasteiger partial charge is 0.320 e. The molecule has 0 saturated heterocycles. The molecule has 0 atom stereocenters. The minimum atomic E-state index is 0. The van der Waals surface area contributed by atoms with Crippen LogP contribution in [0.1, 0.15) is 27.2 Å². The Labute approximate surface area is 53.1 Å². The maximum Gasteiger partial charge on any atom is 0 e. The zero-order valence-electron chi connectivity index (χ0n) is 4.91. The topological polar surface area (TPSA) is 0 Å². The van der Waals surface area contributed by atoms with Gasteiger partial charge in [0, 0.05) is 19.5 Å². The van der Waals surface area contributed by atoms with E-state index in [9.17, 15) is 0 Å². The summed E-state index contributed by atoms with van der Waals surface area (Å²) in [6.07, 6.45) is 1.22. The Bertz CT molecular complexity index is 17.9. The molecule has 0 aromatic carbocycles. The zero-order valence-corrected chi connectivity index (χ0v) is 7.88. The van der Waals surface area contributed by atoms with Gasteiger partial charge in [-0.15, -0.1) is 0 Å². The van der Waals surface area contributed by atoms with Gasteiger partial charge in [0.1, 0.15) is 0 Å². The van der Waals surface area contributed by atoms with Crippen molar-refractivity contribution in [1.82, 2.24) is 0 Å². The van der Waals surface area contributed by atoms with Gasteiger partial charge < -0.3 is 5.92 Å². The maximum atomic E-state index is 2.16. The van der Waals surface area contributed by atoms with Crippen LogP contribution in [0.15, 0.2) is 0 Å². The zero-order chi connectivity index (χ0) is 4.28. The Balaban J connectivity index is 0. The minimum absolute atomic E-state index is 0. The van der Waals surface area contributed by atoms with E-state index >= 15 is 0 Å². The molecule has 0 aliphatic carbocycles. The van der Waals surface area contributed by atoms with Crippen LogP contribution in [0.2, 0.25) is 0 Å². The van der Waals surface area contributed by atoms with Crippen LogP contribution in [0.5, 0.6) is 0 Å². The second kappa shape index (κ2) is 5.62. The monoisotopic (exact) mass is 135 g/mol. The molecule has 0 aliphatic heterocycles. The van der Waals surface area contributed by atoms with Crippen molar-refractivity contribution in [3.8, 4) is 0 Å². The van der Waals surface area contributed by atoms with Crippen molar-refractivity contribution in [2.75, 3.05) is 0 Å². The van der Waals surface area contributed by atoms with Crippen LogP contribution >= 0.6 is 0 Å². The third-order valence-corrected chi connectivity index (χ3v) is 0.707. The van der Waals surface area contributed by atoms with E-state index in [1.807, 2.05) is 0 Å². The van der Waals surface area contributed by atoms with Crippen LogP contribution in [0.3, 0.4) is 0 Å². The molecular formula is C5H11Zn-. The van der Waals surface area contributed by atoms with Gasteiger partial charge in [-0.25, -0.2) is 0 Å². The van der Waals surface area contributed by atoms with E-state index in [4.69, 9.17) is 0 Å². The summed E-state index contributed by atoms with van der Waals surface area (Å²) in [5, 5.41) is 0. The molecule has 0 aromatic heterocycles. The average molecular weight is 137 g/mol. The molecule has 0 amide bonds. The van der Waals surface area contributed by atoms with Crippen molar-refractivity contribution in [2.45, 2.75) is 27.2 Å². The summed E-state index contributed by atoms with van der Waals surface area (Å²) in [4.78, 5) is 0. The Morgan fingerprint density at radius 2 is 1.50 bits per heavy atom. The van der Waals surface area contributed by atoms with Crippen LogP contribution < -0.4 is 0 Å². The van der Waals surface area contributed by atoms with Crippen LogP contribution in [-0.2, 0) is 19.5 Å². The standard InChI is InChI=1S/C5H11.Zn/c1-4-5(2)3;/h4H2,1-3H3;/q-1;. The van der Waals surface area contributed by atoms with Gasteiger partial charge in [0.05, 0.1) is 0 Å². The average Bonchev–Trinajstić information content (AvgIpc) is 1.38. The Kier molecular flexibility index (Phi) is 9.18. The first-order chi connectivity index (χ1) is 2.27. The predicted molar refractivity (Wildman–Crippen MR) is 24.9 cm³/mol. The van der Waals surface area contributed by atoms with Crippen molar-refractivity contribution in [3.05, 3.63) is 5.92 Å². The fourth-order valence-corrected chi connectivity index (χ4v) is 0. The van der Waals surface area contributed by atoms with Crippen LogP contribution in [0.4, 0.5) is 0 Å². The first-order valence-corrected chi connectivity index (χ1v) is 2.06. The fourth-order valence-electron chi connectivity index (χ4n) is 0. The molecule has 0 bridgehead atoms. The minimum Gasteiger partial charge on any atom is -0.320 e. The smallest absolute Gasteiger partial charge is 0 e. The van der Waals surface area contributed by atoms with E-state index in [1.165, 1.54) is 12.3 Å². The third kappa shape index (κ3) is 8.82. The summed E-state index contributed by atoms with van der Waals surface area (Å²) in [7, 11) is 0. The molecule has 0 saturated carbocycles. The van der Waals surface area contributed by atoms with Gasteiger partial charge in [-0.3, -0.25) is 0 Å². The van der Waals surface area contributed by atoms with Gasteiger partial charge in [0.25, 0.3) is 0 Å². The normalized spacial score (nSPS) is 8.00. The third-order valence-electron chi connectivity index (χ3n) is 0.707. The van der Waals surface area contributed by atoms with Crippen molar-refractivity contribution in [3.63, 3.8) is 0 Å². The van der Waals surface area contributed by atoms with Crippen molar-refractivity contribution < 1.29 is 19.5 Å². The molecule has 6 heavy (non-hydrogen) atoms. The van der Waals surface area contributed by atoms with Gasteiger partial charge in [-0.1, -0.05) is 6.92 Å². The van der Waals surface area contributed by atoms with Crippen LogP contribution in [0, 0.1) is 5.92 Å². The SMILES string of the molecule is CC[C-](C)C.[Zn]. The molecule has 0 aromatic rings. The molecule has 0 heterocycles. The van der Waals surface area contributed by atoms with E-state index in [0.29, 0.717) is 0 Å².